The molecule has 126 valence electrons. The number of hydrogen-bond donors (Lipinski definition) is 2. The van der Waals surface area contributed by atoms with E-state index in [1.165, 1.54) is 0 Å². The second-order valence-corrected chi connectivity index (χ2v) is 6.76. The molecular formula is C14H21F3N2O3. The molecule has 1 heterocycles. The molecule has 1 saturated carbocycles. The molecule has 0 aromatic rings. The Labute approximate surface area is 126 Å². The van der Waals surface area contributed by atoms with Crippen LogP contribution in [0.25, 0.3) is 0 Å². The normalized spacial score (nSPS) is 34.2. The number of hydrogen-bond acceptors (Lipinski definition) is 3. The maximum Gasteiger partial charge on any atom is 0.391 e. The summed E-state index contributed by atoms with van der Waals surface area (Å²) in [4.78, 5) is 25.2. The van der Waals surface area contributed by atoms with E-state index in [-0.39, 0.29) is 11.8 Å². The number of amides is 3. The molecule has 2 rings (SSSR count). The van der Waals surface area contributed by atoms with Crippen LogP contribution in [0.3, 0.4) is 0 Å². The van der Waals surface area contributed by atoms with Gasteiger partial charge in [-0.2, -0.15) is 13.2 Å². The Morgan fingerprint density at radius 2 is 1.86 bits per heavy atom. The number of carbonyl (C=O) groups excluding carboxylic acids is 2. The number of aliphatic hydroxyl groups is 1. The summed E-state index contributed by atoms with van der Waals surface area (Å²) in [5.41, 5.74) is -1.02. The molecule has 1 unspecified atom stereocenters. The van der Waals surface area contributed by atoms with Gasteiger partial charge in [0.15, 0.2) is 0 Å². The van der Waals surface area contributed by atoms with E-state index in [0.29, 0.717) is 12.8 Å². The Bertz CT molecular complexity index is 457. The summed E-state index contributed by atoms with van der Waals surface area (Å²) in [6.07, 6.45) is -5.87. The Morgan fingerprint density at radius 3 is 2.36 bits per heavy atom. The molecule has 2 aliphatic rings. The Morgan fingerprint density at radius 1 is 1.32 bits per heavy atom. The topological polar surface area (TPSA) is 69.6 Å². The van der Waals surface area contributed by atoms with E-state index in [2.05, 4.69) is 5.32 Å². The van der Waals surface area contributed by atoms with E-state index < -0.39 is 42.7 Å². The zero-order chi connectivity index (χ0) is 16.7. The van der Waals surface area contributed by atoms with E-state index in [4.69, 9.17) is 0 Å². The third-order valence-electron chi connectivity index (χ3n) is 4.30. The molecule has 2 N–H and O–H groups in total. The predicted molar refractivity (Wildman–Crippen MR) is 71.8 cm³/mol. The first-order valence-electron chi connectivity index (χ1n) is 7.41. The summed E-state index contributed by atoms with van der Waals surface area (Å²) >= 11 is 0. The predicted octanol–water partition coefficient (Wildman–Crippen LogP) is 2.05. The second kappa shape index (κ2) is 5.72. The van der Waals surface area contributed by atoms with Gasteiger partial charge in [-0.05, 0) is 31.1 Å². The molecule has 2 fully saturated rings. The highest BCUT2D eigenvalue weighted by molar-refractivity contribution is 6.07. The highest BCUT2D eigenvalue weighted by Gasteiger charge is 2.54. The summed E-state index contributed by atoms with van der Waals surface area (Å²) in [5.74, 6) is -0.0294. The Balaban J connectivity index is 2.09. The van der Waals surface area contributed by atoms with Crippen molar-refractivity contribution in [1.82, 2.24) is 10.2 Å². The van der Waals surface area contributed by atoms with Crippen molar-refractivity contribution in [2.75, 3.05) is 6.54 Å². The maximum atomic E-state index is 12.5. The van der Waals surface area contributed by atoms with Crippen LogP contribution < -0.4 is 5.32 Å². The lowest BCUT2D eigenvalue weighted by molar-refractivity contribution is -0.157. The van der Waals surface area contributed by atoms with Gasteiger partial charge >= 0.3 is 12.2 Å². The molecule has 3 amide bonds. The molecule has 0 bridgehead atoms. The van der Waals surface area contributed by atoms with Crippen LogP contribution in [0.15, 0.2) is 0 Å². The van der Waals surface area contributed by atoms with Crippen LogP contribution in [0.2, 0.25) is 0 Å². The van der Waals surface area contributed by atoms with Crippen molar-refractivity contribution in [3.05, 3.63) is 0 Å². The number of aliphatic hydroxyl groups excluding tert-OH is 1. The minimum atomic E-state index is -4.54. The highest BCUT2D eigenvalue weighted by Crippen LogP contribution is 2.39. The number of halogens is 3. The van der Waals surface area contributed by atoms with Crippen molar-refractivity contribution >= 4 is 11.9 Å². The maximum absolute atomic E-state index is 12.5. The van der Waals surface area contributed by atoms with E-state index in [1.54, 1.807) is 0 Å². The highest BCUT2D eigenvalue weighted by atomic mass is 19.4. The summed E-state index contributed by atoms with van der Waals surface area (Å²) < 4.78 is 36.8. The van der Waals surface area contributed by atoms with E-state index in [0.717, 1.165) is 11.3 Å². The lowest BCUT2D eigenvalue weighted by Gasteiger charge is -2.38. The first-order valence-corrected chi connectivity index (χ1v) is 7.41. The monoisotopic (exact) mass is 322 g/mol. The summed E-state index contributed by atoms with van der Waals surface area (Å²) in [7, 11) is 0. The first-order chi connectivity index (χ1) is 10.0. The van der Waals surface area contributed by atoms with E-state index in [1.807, 2.05) is 13.8 Å². The minimum Gasteiger partial charge on any atom is -0.391 e. The number of rotatable bonds is 3. The van der Waals surface area contributed by atoms with Crippen molar-refractivity contribution in [2.45, 2.75) is 57.3 Å². The Hall–Kier alpha value is -1.31. The van der Waals surface area contributed by atoms with Gasteiger partial charge in [0.05, 0.1) is 19.1 Å². The van der Waals surface area contributed by atoms with Gasteiger partial charge in [-0.25, -0.2) is 4.79 Å². The van der Waals surface area contributed by atoms with Crippen molar-refractivity contribution in [1.29, 1.82) is 0 Å². The smallest absolute Gasteiger partial charge is 0.391 e. The molecule has 1 spiro atoms. The summed E-state index contributed by atoms with van der Waals surface area (Å²) in [6.45, 7) is 3.34. The fraction of sp³-hybridized carbons (Fsp3) is 0.857. The minimum absolute atomic E-state index is 0.244. The first kappa shape index (κ1) is 17.1. The van der Waals surface area contributed by atoms with Gasteiger partial charge in [-0.15, -0.1) is 0 Å². The zero-order valence-electron chi connectivity index (χ0n) is 12.6. The van der Waals surface area contributed by atoms with Gasteiger partial charge in [0, 0.05) is 0 Å². The lowest BCUT2D eigenvalue weighted by Crippen LogP contribution is -2.52. The van der Waals surface area contributed by atoms with Crippen molar-refractivity contribution in [3.8, 4) is 0 Å². The van der Waals surface area contributed by atoms with E-state index in [9.17, 15) is 27.9 Å². The molecule has 0 aromatic heterocycles. The van der Waals surface area contributed by atoms with Crippen molar-refractivity contribution in [3.63, 3.8) is 0 Å². The molecule has 4 atom stereocenters. The fourth-order valence-electron chi connectivity index (χ4n) is 3.79. The lowest BCUT2D eigenvalue weighted by atomic mass is 9.71. The number of nitrogens with one attached hydrogen (secondary N) is 1. The standard InChI is InChI=1S/C14H21F3N2O3/c1-8-3-9(2)5-13(4-8)11(21)19(12(22)18-13)7-10(20)6-14(15,16)17/h8-10,20H,3-7H2,1-2H3,(H,18,22)/t8-,9+,10-,13?/m0/s1. The molecule has 5 nitrogen and oxygen atoms in total. The Kier molecular flexibility index (Phi) is 4.43. The van der Waals surface area contributed by atoms with E-state index >= 15 is 0 Å². The average molecular weight is 322 g/mol. The quantitative estimate of drug-likeness (QED) is 0.781. The van der Waals surface area contributed by atoms with Gasteiger partial charge in [0.2, 0.25) is 0 Å². The van der Waals surface area contributed by atoms with Gasteiger partial charge in [0.1, 0.15) is 5.54 Å². The van der Waals surface area contributed by atoms with Crippen molar-refractivity contribution in [2.24, 2.45) is 11.8 Å². The molecule has 22 heavy (non-hydrogen) atoms. The zero-order valence-corrected chi connectivity index (χ0v) is 12.6. The van der Waals surface area contributed by atoms with Crippen LogP contribution in [0, 0.1) is 11.8 Å². The van der Waals surface area contributed by atoms with Crippen LogP contribution in [-0.4, -0.2) is 46.3 Å². The molecular weight excluding hydrogens is 301 g/mol. The number of β-amino-alcohol motifs (C(OH)–C–C–N with tert-alkyl or cyclic N) is 1. The molecule has 1 aliphatic carbocycles. The fourth-order valence-corrected chi connectivity index (χ4v) is 3.79. The van der Waals surface area contributed by atoms with Gasteiger partial charge < -0.3 is 10.4 Å². The number of nitrogens with zero attached hydrogens (tertiary/aromatic N) is 1. The van der Waals surface area contributed by atoms with Gasteiger partial charge in [-0.3, -0.25) is 9.69 Å². The van der Waals surface area contributed by atoms with Crippen LogP contribution in [0.5, 0.6) is 0 Å². The van der Waals surface area contributed by atoms with Gasteiger partial charge in [0.25, 0.3) is 5.91 Å². The number of urea groups is 1. The summed E-state index contributed by atoms with van der Waals surface area (Å²) in [6, 6.07) is -0.715. The molecule has 0 radical (unpaired) electrons. The van der Waals surface area contributed by atoms with Gasteiger partial charge in [-0.1, -0.05) is 13.8 Å². The summed E-state index contributed by atoms with van der Waals surface area (Å²) in [5, 5.41) is 12.1. The molecule has 0 aromatic carbocycles. The molecule has 1 saturated heterocycles. The third kappa shape index (κ3) is 3.53. The van der Waals surface area contributed by atoms with Crippen LogP contribution >= 0.6 is 0 Å². The van der Waals surface area contributed by atoms with Crippen LogP contribution in [-0.2, 0) is 4.79 Å². The number of alkyl halides is 3. The SMILES string of the molecule is C[C@@H]1C[C@H](C)CC2(C1)NC(=O)N(C[C@@H](O)CC(F)(F)F)C2=O. The number of carbonyl (C=O) groups is 2. The largest absolute Gasteiger partial charge is 0.391 e. The third-order valence-corrected chi connectivity index (χ3v) is 4.30. The number of imide groups is 1. The molecule has 1 aliphatic heterocycles. The molecule has 8 heteroatoms. The second-order valence-electron chi connectivity index (χ2n) is 6.76. The van der Waals surface area contributed by atoms with Crippen molar-refractivity contribution < 1.29 is 27.9 Å². The average Bonchev–Trinajstić information content (AvgIpc) is 2.49. The van der Waals surface area contributed by atoms with Crippen LogP contribution in [0.1, 0.15) is 39.5 Å². The van der Waals surface area contributed by atoms with Crippen LogP contribution in [0.4, 0.5) is 18.0 Å².